The summed E-state index contributed by atoms with van der Waals surface area (Å²) < 4.78 is 24.2. The molecule has 24 heavy (non-hydrogen) atoms. The molecule has 2 rings (SSSR count). The van der Waals surface area contributed by atoms with E-state index in [0.29, 0.717) is 42.4 Å². The lowest BCUT2D eigenvalue weighted by atomic mass is 10.1. The normalized spacial score (nSPS) is 18.9. The molecule has 1 aliphatic rings. The van der Waals surface area contributed by atoms with E-state index >= 15 is 0 Å². The van der Waals surface area contributed by atoms with Crippen LogP contribution in [0.2, 0.25) is 10.0 Å². The molecule has 1 aromatic rings. The first-order valence-corrected chi connectivity index (χ1v) is 10.3. The van der Waals surface area contributed by atoms with Crippen LogP contribution in [0, 0.1) is 0 Å². The van der Waals surface area contributed by atoms with E-state index in [9.17, 15) is 13.2 Å². The quantitative estimate of drug-likeness (QED) is 0.785. The third-order valence-electron chi connectivity index (χ3n) is 4.40. The van der Waals surface area contributed by atoms with Crippen LogP contribution in [0.5, 0.6) is 0 Å². The van der Waals surface area contributed by atoms with Crippen LogP contribution in [-0.4, -0.2) is 42.3 Å². The predicted octanol–water partition coefficient (Wildman–Crippen LogP) is 3.74. The summed E-state index contributed by atoms with van der Waals surface area (Å²) in [7, 11) is -3.25. The number of nitrogens with zero attached hydrogens (tertiary/aromatic N) is 1. The molecular weight excluding hydrogens is 369 g/mol. The third kappa shape index (κ3) is 4.24. The monoisotopic (exact) mass is 391 g/mol. The van der Waals surface area contributed by atoms with Gasteiger partial charge in [-0.15, -0.1) is 0 Å². The molecule has 1 fully saturated rings. The number of hydrogen-bond acceptors (Lipinski definition) is 3. The number of amides is 1. The number of sulfone groups is 1. The van der Waals surface area contributed by atoms with Gasteiger partial charge in [0.05, 0.1) is 20.0 Å². The van der Waals surface area contributed by atoms with Crippen molar-refractivity contribution < 1.29 is 13.2 Å². The van der Waals surface area contributed by atoms with E-state index in [4.69, 9.17) is 23.2 Å². The van der Waals surface area contributed by atoms with Crippen LogP contribution in [-0.2, 0) is 21.1 Å². The van der Waals surface area contributed by atoms with E-state index in [2.05, 4.69) is 0 Å². The van der Waals surface area contributed by atoms with E-state index in [0.717, 1.165) is 5.56 Å². The molecule has 1 saturated heterocycles. The Hall–Kier alpha value is -0.780. The van der Waals surface area contributed by atoms with Crippen LogP contribution < -0.4 is 0 Å². The van der Waals surface area contributed by atoms with Crippen molar-refractivity contribution in [3.63, 3.8) is 0 Å². The van der Waals surface area contributed by atoms with Crippen molar-refractivity contribution in [3.05, 3.63) is 33.8 Å². The Morgan fingerprint density at radius 1 is 1.25 bits per heavy atom. The molecule has 7 heteroatoms. The zero-order valence-corrected chi connectivity index (χ0v) is 16.5. The van der Waals surface area contributed by atoms with E-state index in [1.807, 2.05) is 6.07 Å². The second-order valence-electron chi connectivity index (χ2n) is 7.16. The van der Waals surface area contributed by atoms with Gasteiger partial charge in [0.25, 0.3) is 0 Å². The van der Waals surface area contributed by atoms with E-state index in [1.165, 1.54) is 0 Å². The fraction of sp³-hybridized carbons (Fsp3) is 0.588. The summed E-state index contributed by atoms with van der Waals surface area (Å²) in [5, 5.41) is 0.493. The topological polar surface area (TPSA) is 54.5 Å². The summed E-state index contributed by atoms with van der Waals surface area (Å²) >= 11 is 11.9. The van der Waals surface area contributed by atoms with Gasteiger partial charge in [-0.25, -0.2) is 8.42 Å². The van der Waals surface area contributed by atoms with Crippen LogP contribution in [0.15, 0.2) is 18.2 Å². The Morgan fingerprint density at radius 3 is 2.50 bits per heavy atom. The number of hydrogen-bond donors (Lipinski definition) is 0. The summed E-state index contributed by atoms with van der Waals surface area (Å²) in [6.07, 6.45) is 1.40. The molecule has 1 heterocycles. The standard InChI is InChI=1S/C17H23Cl2NO3S/c1-17(2,3)24(22,23)13-8-9-20(11-13)16(21)7-5-12-4-6-14(18)15(19)10-12/h4,6,10,13H,5,7-9,11H2,1-3H3/t13-/m1/s1. The molecule has 1 atom stereocenters. The molecule has 0 unspecified atom stereocenters. The van der Waals surface area contributed by atoms with Gasteiger partial charge in [0, 0.05) is 19.5 Å². The highest BCUT2D eigenvalue weighted by Gasteiger charge is 2.41. The van der Waals surface area contributed by atoms with Crippen molar-refractivity contribution in [1.29, 1.82) is 0 Å². The van der Waals surface area contributed by atoms with Gasteiger partial charge in [-0.2, -0.15) is 0 Å². The second-order valence-corrected chi connectivity index (χ2v) is 11.0. The Balaban J connectivity index is 1.94. The minimum atomic E-state index is -3.25. The molecule has 0 radical (unpaired) electrons. The lowest BCUT2D eigenvalue weighted by molar-refractivity contribution is -0.130. The van der Waals surface area contributed by atoms with Crippen LogP contribution in [0.3, 0.4) is 0 Å². The zero-order valence-electron chi connectivity index (χ0n) is 14.2. The van der Waals surface area contributed by atoms with Gasteiger partial charge in [-0.3, -0.25) is 4.79 Å². The number of benzene rings is 1. The summed E-state index contributed by atoms with van der Waals surface area (Å²) in [5.74, 6) is -0.0207. The minimum Gasteiger partial charge on any atom is -0.341 e. The molecule has 1 aromatic carbocycles. The Labute approximate surface area is 154 Å². The first kappa shape index (κ1) is 19.5. The molecule has 0 N–H and O–H groups in total. The number of likely N-dealkylation sites (tertiary alicyclic amines) is 1. The minimum absolute atomic E-state index is 0.0207. The first-order chi connectivity index (χ1) is 11.0. The smallest absolute Gasteiger partial charge is 0.222 e. The fourth-order valence-electron chi connectivity index (χ4n) is 2.81. The molecule has 0 spiro atoms. The average Bonchev–Trinajstić information content (AvgIpc) is 2.97. The number of rotatable bonds is 4. The lowest BCUT2D eigenvalue weighted by Crippen LogP contribution is -2.39. The molecule has 0 aliphatic carbocycles. The Kier molecular flexibility index (Phi) is 5.88. The molecule has 0 saturated carbocycles. The van der Waals surface area contributed by atoms with E-state index in [1.54, 1.807) is 37.8 Å². The Bertz CT molecular complexity index is 726. The van der Waals surface area contributed by atoms with Crippen LogP contribution >= 0.6 is 23.2 Å². The molecule has 4 nitrogen and oxygen atoms in total. The molecule has 1 aliphatic heterocycles. The number of carbonyl (C=O) groups is 1. The molecule has 0 bridgehead atoms. The van der Waals surface area contributed by atoms with Crippen LogP contribution in [0.1, 0.15) is 39.2 Å². The maximum Gasteiger partial charge on any atom is 0.222 e. The third-order valence-corrected chi connectivity index (χ3v) is 8.11. The van der Waals surface area contributed by atoms with Crippen molar-refractivity contribution in [2.75, 3.05) is 13.1 Å². The average molecular weight is 392 g/mol. The number of aryl methyl sites for hydroxylation is 1. The molecule has 134 valence electrons. The van der Waals surface area contributed by atoms with Gasteiger partial charge in [0.2, 0.25) is 5.91 Å². The predicted molar refractivity (Wildman–Crippen MR) is 98.4 cm³/mol. The van der Waals surface area contributed by atoms with Crippen molar-refractivity contribution in [1.82, 2.24) is 4.90 Å². The van der Waals surface area contributed by atoms with Gasteiger partial charge < -0.3 is 4.90 Å². The highest BCUT2D eigenvalue weighted by Crippen LogP contribution is 2.28. The Morgan fingerprint density at radius 2 is 1.92 bits per heavy atom. The zero-order chi connectivity index (χ0) is 18.1. The number of carbonyl (C=O) groups excluding carboxylic acids is 1. The number of halogens is 2. The van der Waals surface area contributed by atoms with Gasteiger partial charge in [0.15, 0.2) is 9.84 Å². The van der Waals surface area contributed by atoms with E-state index < -0.39 is 19.8 Å². The maximum atomic E-state index is 12.5. The van der Waals surface area contributed by atoms with Gasteiger partial charge in [0.1, 0.15) is 0 Å². The SMILES string of the molecule is CC(C)(C)S(=O)(=O)[C@@H]1CCN(C(=O)CCc2ccc(Cl)c(Cl)c2)C1. The lowest BCUT2D eigenvalue weighted by Gasteiger charge is -2.24. The van der Waals surface area contributed by atoms with Crippen LogP contribution in [0.4, 0.5) is 0 Å². The summed E-state index contributed by atoms with van der Waals surface area (Å²) in [6, 6.07) is 5.32. The van der Waals surface area contributed by atoms with Gasteiger partial charge in [-0.05, 0) is 51.3 Å². The maximum absolute atomic E-state index is 12.5. The highest BCUT2D eigenvalue weighted by atomic mass is 35.5. The van der Waals surface area contributed by atoms with Gasteiger partial charge >= 0.3 is 0 Å². The van der Waals surface area contributed by atoms with Crippen molar-refractivity contribution in [2.24, 2.45) is 0 Å². The second kappa shape index (κ2) is 7.22. The largest absolute Gasteiger partial charge is 0.341 e. The molecule has 0 aromatic heterocycles. The summed E-state index contributed by atoms with van der Waals surface area (Å²) in [4.78, 5) is 14.0. The van der Waals surface area contributed by atoms with Crippen LogP contribution in [0.25, 0.3) is 0 Å². The summed E-state index contributed by atoms with van der Waals surface area (Å²) in [5.41, 5.74) is 0.941. The first-order valence-electron chi connectivity index (χ1n) is 7.97. The van der Waals surface area contributed by atoms with Crippen molar-refractivity contribution in [2.45, 2.75) is 50.0 Å². The van der Waals surface area contributed by atoms with Crippen molar-refractivity contribution >= 4 is 38.9 Å². The summed E-state index contributed by atoms with van der Waals surface area (Å²) in [6.45, 7) is 5.91. The molecular formula is C17H23Cl2NO3S. The van der Waals surface area contributed by atoms with Crippen molar-refractivity contribution in [3.8, 4) is 0 Å². The highest BCUT2D eigenvalue weighted by molar-refractivity contribution is 7.93. The fourth-order valence-corrected chi connectivity index (χ4v) is 4.93. The van der Waals surface area contributed by atoms with Gasteiger partial charge in [-0.1, -0.05) is 29.3 Å². The molecule has 1 amide bonds. The van der Waals surface area contributed by atoms with E-state index in [-0.39, 0.29) is 5.91 Å².